The third-order valence-electron chi connectivity index (χ3n) is 2.27. The lowest BCUT2D eigenvalue weighted by molar-refractivity contribution is -0.125. The van der Waals surface area contributed by atoms with Gasteiger partial charge >= 0.3 is 0 Å². The van der Waals surface area contributed by atoms with Gasteiger partial charge in [-0.05, 0) is 61.3 Å². The van der Waals surface area contributed by atoms with Gasteiger partial charge in [0.15, 0.2) is 0 Å². The Morgan fingerprint density at radius 1 is 1.44 bits per heavy atom. The molecule has 1 aromatic rings. The summed E-state index contributed by atoms with van der Waals surface area (Å²) in [5, 5.41) is 2.76. The van der Waals surface area contributed by atoms with Crippen LogP contribution in [0.4, 0.5) is 11.4 Å². The molecular formula is C13H19BrN2O2. The number of anilines is 2. The van der Waals surface area contributed by atoms with Crippen LogP contribution in [-0.4, -0.2) is 18.1 Å². The summed E-state index contributed by atoms with van der Waals surface area (Å²) in [4.78, 5) is 11.7. The van der Waals surface area contributed by atoms with E-state index < -0.39 is 0 Å². The number of hydrogen-bond acceptors (Lipinski definition) is 3. The van der Waals surface area contributed by atoms with E-state index in [1.807, 2.05) is 33.8 Å². The minimum Gasteiger partial charge on any atom is -0.398 e. The Kier molecular flexibility index (Phi) is 4.76. The van der Waals surface area contributed by atoms with Crippen LogP contribution in [0.5, 0.6) is 0 Å². The molecule has 0 aliphatic carbocycles. The molecule has 18 heavy (non-hydrogen) atoms. The summed E-state index contributed by atoms with van der Waals surface area (Å²) in [5.41, 5.74) is 7.73. The standard InChI is InChI=1S/C13H19BrN2O2/c1-8-5-9(14)11(6-10(8)15)16-12(17)7-18-13(2,3)4/h5-6H,7,15H2,1-4H3,(H,16,17). The number of carbonyl (C=O) groups is 1. The van der Waals surface area contributed by atoms with Crippen molar-refractivity contribution in [3.63, 3.8) is 0 Å². The molecule has 1 amide bonds. The van der Waals surface area contributed by atoms with Crippen molar-refractivity contribution in [2.75, 3.05) is 17.7 Å². The van der Waals surface area contributed by atoms with Gasteiger partial charge in [-0.1, -0.05) is 0 Å². The molecule has 0 fully saturated rings. The van der Waals surface area contributed by atoms with Crippen molar-refractivity contribution in [1.82, 2.24) is 0 Å². The second-order valence-electron chi connectivity index (χ2n) is 5.14. The van der Waals surface area contributed by atoms with Crippen molar-refractivity contribution in [3.05, 3.63) is 22.2 Å². The van der Waals surface area contributed by atoms with E-state index in [-0.39, 0.29) is 18.1 Å². The number of ether oxygens (including phenoxy) is 1. The SMILES string of the molecule is Cc1cc(Br)c(NC(=O)COC(C)(C)C)cc1N. The topological polar surface area (TPSA) is 64.3 Å². The highest BCUT2D eigenvalue weighted by molar-refractivity contribution is 9.10. The van der Waals surface area contributed by atoms with Crippen molar-refractivity contribution in [3.8, 4) is 0 Å². The molecule has 100 valence electrons. The van der Waals surface area contributed by atoms with Crippen LogP contribution in [0.2, 0.25) is 0 Å². The molecule has 0 bridgehead atoms. The van der Waals surface area contributed by atoms with Crippen molar-refractivity contribution < 1.29 is 9.53 Å². The van der Waals surface area contributed by atoms with Crippen LogP contribution in [0, 0.1) is 6.92 Å². The third kappa shape index (κ3) is 4.66. The van der Waals surface area contributed by atoms with Crippen molar-refractivity contribution in [1.29, 1.82) is 0 Å². The molecule has 0 aromatic heterocycles. The van der Waals surface area contributed by atoms with Crippen LogP contribution in [0.15, 0.2) is 16.6 Å². The van der Waals surface area contributed by atoms with E-state index in [9.17, 15) is 4.79 Å². The number of carbonyl (C=O) groups excluding carboxylic acids is 1. The predicted molar refractivity (Wildman–Crippen MR) is 77.6 cm³/mol. The minimum absolute atomic E-state index is 0.0176. The second kappa shape index (κ2) is 5.71. The minimum atomic E-state index is -0.332. The molecule has 0 heterocycles. The summed E-state index contributed by atoms with van der Waals surface area (Å²) < 4.78 is 6.20. The molecule has 5 heteroatoms. The van der Waals surface area contributed by atoms with E-state index in [1.165, 1.54) is 0 Å². The van der Waals surface area contributed by atoms with E-state index in [2.05, 4.69) is 21.2 Å². The highest BCUT2D eigenvalue weighted by atomic mass is 79.9. The summed E-state index contributed by atoms with van der Waals surface area (Å²) in [7, 11) is 0. The number of rotatable bonds is 3. The largest absolute Gasteiger partial charge is 0.398 e. The molecular weight excluding hydrogens is 296 g/mol. The fourth-order valence-electron chi connectivity index (χ4n) is 1.25. The van der Waals surface area contributed by atoms with E-state index >= 15 is 0 Å². The Bertz CT molecular complexity index is 453. The summed E-state index contributed by atoms with van der Waals surface area (Å²) in [6.45, 7) is 7.64. The van der Waals surface area contributed by atoms with Gasteiger partial charge in [0.2, 0.25) is 5.91 Å². The monoisotopic (exact) mass is 314 g/mol. The van der Waals surface area contributed by atoms with E-state index in [0.29, 0.717) is 11.4 Å². The normalized spacial score (nSPS) is 11.4. The van der Waals surface area contributed by atoms with E-state index in [0.717, 1.165) is 10.0 Å². The van der Waals surface area contributed by atoms with E-state index in [1.54, 1.807) is 6.07 Å². The lowest BCUT2D eigenvalue weighted by Gasteiger charge is -2.19. The van der Waals surface area contributed by atoms with Crippen LogP contribution in [0.1, 0.15) is 26.3 Å². The number of hydrogen-bond donors (Lipinski definition) is 2. The van der Waals surface area contributed by atoms with Gasteiger partial charge in [0.1, 0.15) is 6.61 Å². The molecule has 1 aromatic carbocycles. The maximum Gasteiger partial charge on any atom is 0.250 e. The van der Waals surface area contributed by atoms with Crippen molar-refractivity contribution in [2.24, 2.45) is 0 Å². The summed E-state index contributed by atoms with van der Waals surface area (Å²) in [6, 6.07) is 3.60. The fraction of sp³-hybridized carbons (Fsp3) is 0.462. The van der Waals surface area contributed by atoms with Crippen LogP contribution >= 0.6 is 15.9 Å². The number of aryl methyl sites for hydroxylation is 1. The zero-order valence-corrected chi connectivity index (χ0v) is 12.7. The molecule has 1 rings (SSSR count). The highest BCUT2D eigenvalue weighted by Gasteiger charge is 2.14. The molecule has 0 saturated heterocycles. The molecule has 4 nitrogen and oxygen atoms in total. The first-order chi connectivity index (χ1) is 8.19. The van der Waals surface area contributed by atoms with Crippen LogP contribution in [0.25, 0.3) is 0 Å². The Labute approximate surface area is 116 Å². The van der Waals surface area contributed by atoms with Gasteiger partial charge in [0, 0.05) is 10.2 Å². The summed E-state index contributed by atoms with van der Waals surface area (Å²) in [6.07, 6.45) is 0. The molecule has 0 saturated carbocycles. The van der Waals surface area contributed by atoms with Crippen molar-refractivity contribution in [2.45, 2.75) is 33.3 Å². The first-order valence-corrected chi connectivity index (χ1v) is 6.48. The number of nitrogen functional groups attached to an aromatic ring is 1. The van der Waals surface area contributed by atoms with Crippen LogP contribution in [-0.2, 0) is 9.53 Å². The Balaban J connectivity index is 2.68. The maximum absolute atomic E-state index is 11.7. The van der Waals surface area contributed by atoms with Crippen LogP contribution in [0.3, 0.4) is 0 Å². The van der Waals surface area contributed by atoms with Gasteiger partial charge in [-0.25, -0.2) is 0 Å². The van der Waals surface area contributed by atoms with Gasteiger partial charge in [-0.15, -0.1) is 0 Å². The predicted octanol–water partition coefficient (Wildman–Crippen LogP) is 3.09. The van der Waals surface area contributed by atoms with Crippen LogP contribution < -0.4 is 11.1 Å². The Morgan fingerprint density at radius 2 is 2.06 bits per heavy atom. The molecule has 0 aliphatic rings. The second-order valence-corrected chi connectivity index (χ2v) is 5.99. The Hall–Kier alpha value is -1.07. The first kappa shape index (κ1) is 15.0. The number of benzene rings is 1. The molecule has 0 spiro atoms. The van der Waals surface area contributed by atoms with Crippen molar-refractivity contribution >= 4 is 33.2 Å². The fourth-order valence-corrected chi connectivity index (χ4v) is 1.81. The maximum atomic E-state index is 11.7. The van der Waals surface area contributed by atoms with Gasteiger partial charge in [-0.2, -0.15) is 0 Å². The first-order valence-electron chi connectivity index (χ1n) is 5.68. The zero-order chi connectivity index (χ0) is 13.9. The van der Waals surface area contributed by atoms with Gasteiger partial charge < -0.3 is 15.8 Å². The van der Waals surface area contributed by atoms with E-state index in [4.69, 9.17) is 10.5 Å². The lowest BCUT2D eigenvalue weighted by Crippen LogP contribution is -2.27. The lowest BCUT2D eigenvalue weighted by atomic mass is 10.2. The quantitative estimate of drug-likeness (QED) is 0.843. The summed E-state index contributed by atoms with van der Waals surface area (Å²) in [5.74, 6) is -0.200. The number of nitrogens with one attached hydrogen (secondary N) is 1. The van der Waals surface area contributed by atoms with Gasteiger partial charge in [0.25, 0.3) is 0 Å². The smallest absolute Gasteiger partial charge is 0.250 e. The third-order valence-corrected chi connectivity index (χ3v) is 2.92. The molecule has 0 aliphatic heterocycles. The number of halogens is 1. The highest BCUT2D eigenvalue weighted by Crippen LogP contribution is 2.27. The summed E-state index contributed by atoms with van der Waals surface area (Å²) >= 11 is 3.39. The average molecular weight is 315 g/mol. The van der Waals surface area contributed by atoms with Gasteiger partial charge in [-0.3, -0.25) is 4.79 Å². The molecule has 0 unspecified atom stereocenters. The zero-order valence-electron chi connectivity index (χ0n) is 11.1. The molecule has 3 N–H and O–H groups in total. The number of amides is 1. The van der Waals surface area contributed by atoms with Gasteiger partial charge in [0.05, 0.1) is 11.3 Å². The average Bonchev–Trinajstić information content (AvgIpc) is 2.22. The molecule has 0 atom stereocenters. The Morgan fingerprint density at radius 3 is 2.61 bits per heavy atom. The number of nitrogens with two attached hydrogens (primary N) is 1. The molecule has 0 radical (unpaired) electrons.